The molecule has 0 saturated carbocycles. The maximum Gasteiger partial charge on any atom is 0.216 e. The van der Waals surface area contributed by atoms with Crippen molar-refractivity contribution >= 4 is 79.1 Å². The molecule has 0 aliphatic heterocycles. The number of pyridine rings is 2. The molecule has 11 aromatic rings. The summed E-state index contributed by atoms with van der Waals surface area (Å²) in [6.07, 6.45) is 1.96. The summed E-state index contributed by atoms with van der Waals surface area (Å²) in [4.78, 5) is 14.3. The van der Waals surface area contributed by atoms with E-state index in [4.69, 9.17) is 20.2 Å². The third-order valence-corrected chi connectivity index (χ3v) is 13.1. The molecule has 0 bridgehead atoms. The fourth-order valence-corrected chi connectivity index (χ4v) is 9.72. The van der Waals surface area contributed by atoms with Gasteiger partial charge in [0.2, 0.25) is 5.71 Å². The van der Waals surface area contributed by atoms with Crippen molar-refractivity contribution < 1.29 is 30.3 Å². The normalized spacial score (nSPS) is 12.3. The molecule has 6 aromatic carbocycles. The molecule has 8 heteroatoms. The molecule has 6 nitrogen and oxygen atoms in total. The van der Waals surface area contributed by atoms with Crippen LogP contribution in [0, 0.1) is 19.1 Å². The second-order valence-electron chi connectivity index (χ2n) is 16.4. The number of para-hydroxylation sites is 3. The van der Waals surface area contributed by atoms with Crippen LogP contribution in [0.25, 0.3) is 94.1 Å². The fourth-order valence-electron chi connectivity index (χ4n) is 8.14. The summed E-state index contributed by atoms with van der Waals surface area (Å²) in [6, 6.07) is 52.1. The molecule has 1 radical (unpaired) electrons. The minimum absolute atomic E-state index is 0. The van der Waals surface area contributed by atoms with Gasteiger partial charge in [-0.3, -0.25) is 4.98 Å². The second-order valence-corrected chi connectivity index (χ2v) is 21.4. The predicted octanol–water partition coefficient (Wildman–Crippen LogP) is 13.4. The molecule has 0 fully saturated rings. The number of hydrogen-bond acceptors (Lipinski definition) is 5. The fraction of sp³-hybridized carbons (Fsp3) is 0.135. The standard InChI is InChI=1S/C29H17N2O.C23H25N2OSi.Ir/c1-2-9-20-18-21(17-16-19(20)8-1)31-26-14-5-4-13-25(26)30-29(31)24-12-7-11-23-22-10-3-6-15-27(22)32-28(23)24;1-14(2)19-12-20(24-13-21(19)27(4,5)6)18-9-7-8-16-17-11-10-15(3)25-23(17)26-22(16)18;/h1-11,13-18H;7-8,10-14H,1-6H3;/q2*-1;/i;14D;. The number of imidazole rings is 1. The molecule has 0 atom stereocenters. The molecule has 0 saturated heterocycles. The van der Waals surface area contributed by atoms with Gasteiger partial charge in [0, 0.05) is 49.8 Å². The molecule has 0 spiro atoms. The Bertz CT molecular complexity index is 3450. The Morgan fingerprint density at radius 1 is 0.683 bits per heavy atom. The maximum atomic E-state index is 8.68. The Morgan fingerprint density at radius 3 is 2.18 bits per heavy atom. The monoisotopic (exact) mass is 976 g/mol. The van der Waals surface area contributed by atoms with Crippen LogP contribution in [0.2, 0.25) is 19.6 Å². The van der Waals surface area contributed by atoms with Gasteiger partial charge in [-0.1, -0.05) is 128 Å². The first kappa shape index (κ1) is 38.0. The number of nitrogens with zero attached hydrogens (tertiary/aromatic N) is 4. The van der Waals surface area contributed by atoms with Gasteiger partial charge in [0.1, 0.15) is 5.58 Å². The number of benzene rings is 6. The SMILES string of the molecule is [2H]C(C)(C)c1cc(-c2[c-]ccc3c2oc2nc(C)ccc23)ncc1[Si](C)(C)C.[Ir].[c-]1ccc2c(oc3ccccc32)c1-c1nc2ccccc2n1-c1ccc2ccccc2c1. The van der Waals surface area contributed by atoms with Crippen LogP contribution < -0.4 is 5.19 Å². The summed E-state index contributed by atoms with van der Waals surface area (Å²) in [6.45, 7) is 12.7. The minimum Gasteiger partial charge on any atom is -0.501 e. The van der Waals surface area contributed by atoms with E-state index in [-0.39, 0.29) is 20.1 Å². The number of aryl methyl sites for hydroxylation is 1. The smallest absolute Gasteiger partial charge is 0.216 e. The van der Waals surface area contributed by atoms with Crippen molar-refractivity contribution in [2.45, 2.75) is 46.3 Å². The molecule has 11 rings (SSSR count). The quantitative estimate of drug-likeness (QED) is 0.127. The van der Waals surface area contributed by atoms with Crippen LogP contribution >= 0.6 is 0 Å². The van der Waals surface area contributed by atoms with E-state index in [2.05, 4.69) is 120 Å². The van der Waals surface area contributed by atoms with Crippen LogP contribution in [0.4, 0.5) is 0 Å². The van der Waals surface area contributed by atoms with E-state index in [0.29, 0.717) is 5.71 Å². The van der Waals surface area contributed by atoms with Gasteiger partial charge in [-0.25, -0.2) is 4.98 Å². The van der Waals surface area contributed by atoms with Crippen molar-refractivity contribution in [3.05, 3.63) is 163 Å². The molecule has 0 amide bonds. The third kappa shape index (κ3) is 6.84. The van der Waals surface area contributed by atoms with Crippen LogP contribution in [0.5, 0.6) is 0 Å². The minimum atomic E-state index is -1.62. The van der Waals surface area contributed by atoms with Crippen molar-refractivity contribution in [1.29, 1.82) is 0 Å². The average Bonchev–Trinajstić information content (AvgIpc) is 3.94. The summed E-state index contributed by atoms with van der Waals surface area (Å²) in [5.41, 5.74) is 10.6. The molecule has 0 N–H and O–H groups in total. The molecule has 5 heterocycles. The van der Waals surface area contributed by atoms with E-state index in [9.17, 15) is 0 Å². The first-order chi connectivity index (χ1) is 28.9. The molecule has 0 aliphatic carbocycles. The molecular formula is C52H42IrN4O2Si-2. The van der Waals surface area contributed by atoms with Crippen molar-refractivity contribution in [2.24, 2.45) is 0 Å². The van der Waals surface area contributed by atoms with E-state index >= 15 is 0 Å². The molecule has 0 aliphatic rings. The Labute approximate surface area is 364 Å². The zero-order valence-electron chi connectivity index (χ0n) is 35.2. The average molecular weight is 976 g/mol. The van der Waals surface area contributed by atoms with Gasteiger partial charge in [-0.05, 0) is 76.9 Å². The van der Waals surface area contributed by atoms with Gasteiger partial charge in [-0.2, -0.15) is 0 Å². The van der Waals surface area contributed by atoms with Crippen molar-refractivity contribution in [3.63, 3.8) is 0 Å². The molecule has 297 valence electrons. The van der Waals surface area contributed by atoms with Crippen LogP contribution in [0.3, 0.4) is 0 Å². The van der Waals surface area contributed by atoms with E-state index in [1.54, 1.807) is 0 Å². The Kier molecular flexibility index (Phi) is 9.79. The first-order valence-electron chi connectivity index (χ1n) is 20.4. The largest absolute Gasteiger partial charge is 0.501 e. The number of rotatable bonds is 5. The third-order valence-electron chi connectivity index (χ3n) is 11.1. The van der Waals surface area contributed by atoms with Gasteiger partial charge in [0.15, 0.2) is 0 Å². The van der Waals surface area contributed by atoms with E-state index < -0.39 is 14.0 Å². The molecule has 60 heavy (non-hydrogen) atoms. The van der Waals surface area contributed by atoms with Crippen LogP contribution in [-0.4, -0.2) is 27.6 Å². The number of hydrogen-bond donors (Lipinski definition) is 0. The maximum absolute atomic E-state index is 8.68. The topological polar surface area (TPSA) is 69.9 Å². The van der Waals surface area contributed by atoms with Gasteiger partial charge in [0.25, 0.3) is 0 Å². The molecular weight excluding hydrogens is 933 g/mol. The Hall–Kier alpha value is -6.18. The van der Waals surface area contributed by atoms with E-state index in [1.165, 1.54) is 16.0 Å². The van der Waals surface area contributed by atoms with Crippen LogP contribution in [-0.2, 0) is 20.1 Å². The molecule has 0 unspecified atom stereocenters. The van der Waals surface area contributed by atoms with Crippen LogP contribution in [0.15, 0.2) is 148 Å². The molecule has 5 aromatic heterocycles. The Balaban J connectivity index is 0.000000155. The van der Waals surface area contributed by atoms with Crippen molar-refractivity contribution in [3.8, 4) is 28.3 Å². The van der Waals surface area contributed by atoms with Gasteiger partial charge < -0.3 is 18.4 Å². The van der Waals surface area contributed by atoms with Gasteiger partial charge in [-0.15, -0.1) is 36.4 Å². The number of aromatic nitrogens is 4. The van der Waals surface area contributed by atoms with Crippen molar-refractivity contribution in [2.75, 3.05) is 0 Å². The van der Waals surface area contributed by atoms with Crippen LogP contribution in [0.1, 0.15) is 32.4 Å². The predicted molar refractivity (Wildman–Crippen MR) is 246 cm³/mol. The second kappa shape index (κ2) is 15.4. The summed E-state index contributed by atoms with van der Waals surface area (Å²) < 4.78 is 23.3. The number of fused-ring (bicyclic) bond motifs is 8. The van der Waals surface area contributed by atoms with E-state index in [1.807, 2.05) is 81.6 Å². The first-order valence-corrected chi connectivity index (χ1v) is 23.4. The zero-order chi connectivity index (χ0) is 41.3. The van der Waals surface area contributed by atoms with Gasteiger partial charge in [0.05, 0.1) is 36.1 Å². The summed E-state index contributed by atoms with van der Waals surface area (Å²) in [5, 5.41) is 7.82. The summed E-state index contributed by atoms with van der Waals surface area (Å²) in [7, 11) is -1.62. The summed E-state index contributed by atoms with van der Waals surface area (Å²) in [5.74, 6) is 0.124. The van der Waals surface area contributed by atoms with E-state index in [0.717, 1.165) is 88.9 Å². The van der Waals surface area contributed by atoms with Crippen molar-refractivity contribution in [1.82, 2.24) is 19.5 Å². The Morgan fingerprint density at radius 2 is 1.38 bits per heavy atom. The van der Waals surface area contributed by atoms with Gasteiger partial charge >= 0.3 is 0 Å². The summed E-state index contributed by atoms with van der Waals surface area (Å²) >= 11 is 0. The zero-order valence-corrected chi connectivity index (χ0v) is 37.6. The number of furan rings is 2.